The molecule has 6 heteroatoms. The minimum atomic E-state index is -2.39. The Morgan fingerprint density at radius 1 is 1.33 bits per heavy atom. The molecule has 1 aliphatic heterocycles. The summed E-state index contributed by atoms with van der Waals surface area (Å²) in [5.41, 5.74) is -0.753. The number of hydrogen-bond donors (Lipinski definition) is 0. The zero-order valence-corrected chi connectivity index (χ0v) is 9.31. The summed E-state index contributed by atoms with van der Waals surface area (Å²) in [6, 6.07) is 0. The molecule has 1 aromatic rings. The molecule has 1 saturated heterocycles. The first-order valence-corrected chi connectivity index (χ1v) is 4.81. The summed E-state index contributed by atoms with van der Waals surface area (Å²) in [5, 5.41) is 7.19. The summed E-state index contributed by atoms with van der Waals surface area (Å²) in [6.45, 7) is 5.20. The monoisotopic (exact) mass is 212 g/mol. The third-order valence-corrected chi connectivity index (χ3v) is 3.07. The van der Waals surface area contributed by atoms with Crippen LogP contribution in [0.1, 0.15) is 31.8 Å². The number of rotatable bonds is 1. The van der Waals surface area contributed by atoms with E-state index in [-0.39, 0.29) is 0 Å². The molecule has 1 aromatic heterocycles. The Kier molecular flexibility index (Phi) is 1.51. The van der Waals surface area contributed by atoms with Crippen LogP contribution in [0.15, 0.2) is 6.20 Å². The van der Waals surface area contributed by atoms with Crippen molar-refractivity contribution in [2.75, 3.05) is 0 Å². The van der Waals surface area contributed by atoms with E-state index in [4.69, 9.17) is 13.4 Å². The van der Waals surface area contributed by atoms with Gasteiger partial charge >= 0.3 is 7.12 Å². The molecule has 0 N–H and O–H groups in total. The summed E-state index contributed by atoms with van der Waals surface area (Å²) in [6.07, 6.45) is 1.36. The van der Waals surface area contributed by atoms with Crippen molar-refractivity contribution in [1.82, 2.24) is 15.0 Å². The molecule has 0 aromatic carbocycles. The van der Waals surface area contributed by atoms with E-state index in [2.05, 4.69) is 10.3 Å². The number of hydrogen-bond acceptors (Lipinski definition) is 4. The fourth-order valence-corrected chi connectivity index (χ4v) is 1.37. The summed E-state index contributed by atoms with van der Waals surface area (Å²) in [4.78, 5) is 0. The molecule has 0 spiro atoms. The number of aryl methyl sites for hydroxylation is 1. The molecule has 2 heterocycles. The lowest BCUT2D eigenvalue weighted by Crippen LogP contribution is -2.41. The van der Waals surface area contributed by atoms with Gasteiger partial charge in [-0.3, -0.25) is 4.68 Å². The second-order valence-corrected chi connectivity index (χ2v) is 4.66. The van der Waals surface area contributed by atoms with E-state index in [9.17, 15) is 0 Å². The second kappa shape index (κ2) is 3.06. The van der Waals surface area contributed by atoms with Crippen molar-refractivity contribution in [2.24, 2.45) is 6.98 Å². The number of aromatic nitrogens is 3. The van der Waals surface area contributed by atoms with Crippen LogP contribution in [-0.4, -0.2) is 33.3 Å². The SMILES string of the molecule is [2H]C([2H])([2H])n1nncc1B1OC(C)(C)C(C)(C)O1. The average Bonchev–Trinajstić information content (AvgIpc) is 2.68. The van der Waals surface area contributed by atoms with E-state index in [1.807, 2.05) is 27.7 Å². The van der Waals surface area contributed by atoms with Crippen LogP contribution in [0.25, 0.3) is 0 Å². The fraction of sp³-hybridized carbons (Fsp3) is 0.778. The van der Waals surface area contributed by atoms with Gasteiger partial charge in [0.15, 0.2) is 0 Å². The van der Waals surface area contributed by atoms with Crippen LogP contribution in [0.2, 0.25) is 0 Å². The van der Waals surface area contributed by atoms with Crippen LogP contribution in [-0.2, 0) is 16.3 Å². The smallest absolute Gasteiger partial charge is 0.398 e. The van der Waals surface area contributed by atoms with Gasteiger partial charge in [-0.2, -0.15) is 0 Å². The normalized spacial score (nSPS) is 27.2. The van der Waals surface area contributed by atoms with Gasteiger partial charge in [-0.15, -0.1) is 5.10 Å². The molecule has 0 saturated carbocycles. The van der Waals surface area contributed by atoms with Crippen molar-refractivity contribution >= 4 is 12.7 Å². The van der Waals surface area contributed by atoms with E-state index in [1.165, 1.54) is 6.20 Å². The van der Waals surface area contributed by atoms with Crippen molar-refractivity contribution in [3.05, 3.63) is 6.20 Å². The Bertz CT molecular complexity index is 442. The fourth-order valence-electron chi connectivity index (χ4n) is 1.37. The Morgan fingerprint density at radius 2 is 1.93 bits per heavy atom. The molecule has 5 nitrogen and oxygen atoms in total. The topological polar surface area (TPSA) is 49.2 Å². The lowest BCUT2D eigenvalue weighted by atomic mass is 9.85. The molecular weight excluding hydrogens is 193 g/mol. The lowest BCUT2D eigenvalue weighted by molar-refractivity contribution is 0.00578. The molecular formula is C9H16BN3O2. The van der Waals surface area contributed by atoms with E-state index in [1.54, 1.807) is 0 Å². The van der Waals surface area contributed by atoms with Gasteiger partial charge in [-0.05, 0) is 27.7 Å². The Balaban J connectivity index is 2.34. The highest BCUT2D eigenvalue weighted by molar-refractivity contribution is 6.61. The van der Waals surface area contributed by atoms with E-state index in [0.717, 1.165) is 4.68 Å². The van der Waals surface area contributed by atoms with Crippen LogP contribution in [0.5, 0.6) is 0 Å². The third-order valence-electron chi connectivity index (χ3n) is 3.07. The first-order chi connectivity index (χ1) is 8.05. The van der Waals surface area contributed by atoms with Gasteiger partial charge in [0.05, 0.1) is 23.0 Å². The highest BCUT2D eigenvalue weighted by Crippen LogP contribution is 2.36. The van der Waals surface area contributed by atoms with Crippen molar-refractivity contribution in [1.29, 1.82) is 0 Å². The maximum atomic E-state index is 7.37. The molecule has 0 amide bonds. The maximum absolute atomic E-state index is 7.37. The zero-order chi connectivity index (χ0) is 13.8. The van der Waals surface area contributed by atoms with Crippen LogP contribution in [0.4, 0.5) is 0 Å². The minimum absolute atomic E-state index is 0.300. The highest BCUT2D eigenvalue weighted by atomic mass is 16.7. The van der Waals surface area contributed by atoms with E-state index in [0.29, 0.717) is 5.59 Å². The van der Waals surface area contributed by atoms with Gasteiger partial charge in [0.2, 0.25) is 0 Å². The zero-order valence-electron chi connectivity index (χ0n) is 12.3. The van der Waals surface area contributed by atoms with Gasteiger partial charge in [0, 0.05) is 11.1 Å². The molecule has 82 valence electrons. The Hall–Kier alpha value is -0.875. The maximum Gasteiger partial charge on any atom is 0.515 e. The second-order valence-electron chi connectivity index (χ2n) is 4.66. The number of nitrogens with zero attached hydrogens (tertiary/aromatic N) is 3. The Labute approximate surface area is 94.1 Å². The standard InChI is InChI=1S/C9H16BN3O2/c1-8(2)9(3,4)15-10(14-8)7-6-11-12-13(7)5/h6H,1-5H3/i5D3. The van der Waals surface area contributed by atoms with Crippen molar-refractivity contribution in [3.63, 3.8) is 0 Å². The molecule has 0 bridgehead atoms. The molecule has 1 aliphatic rings. The predicted octanol–water partition coefficient (Wildman–Crippen LogP) is 0.114. The third kappa shape index (κ3) is 1.57. The van der Waals surface area contributed by atoms with Crippen LogP contribution >= 0.6 is 0 Å². The van der Waals surface area contributed by atoms with Crippen LogP contribution < -0.4 is 5.59 Å². The quantitative estimate of drug-likeness (QED) is 0.620. The molecule has 0 unspecified atom stereocenters. The minimum Gasteiger partial charge on any atom is -0.398 e. The van der Waals surface area contributed by atoms with Crippen LogP contribution in [0, 0.1) is 0 Å². The molecule has 0 radical (unpaired) electrons. The summed E-state index contributed by atoms with van der Waals surface area (Å²) >= 11 is 0. The Morgan fingerprint density at radius 3 is 2.47 bits per heavy atom. The van der Waals surface area contributed by atoms with Gasteiger partial charge in [0.25, 0.3) is 0 Å². The summed E-state index contributed by atoms with van der Waals surface area (Å²) in [5.74, 6) is 0. The molecule has 0 aliphatic carbocycles. The van der Waals surface area contributed by atoms with Crippen molar-refractivity contribution in [2.45, 2.75) is 38.9 Å². The summed E-state index contributed by atoms with van der Waals surface area (Å²) < 4.78 is 34.5. The summed E-state index contributed by atoms with van der Waals surface area (Å²) in [7, 11) is -0.773. The average molecular weight is 212 g/mol. The molecule has 0 atom stereocenters. The van der Waals surface area contributed by atoms with Crippen molar-refractivity contribution in [3.8, 4) is 0 Å². The predicted molar refractivity (Wildman–Crippen MR) is 56.7 cm³/mol. The van der Waals surface area contributed by atoms with E-state index >= 15 is 0 Å². The highest BCUT2D eigenvalue weighted by Gasteiger charge is 2.52. The first-order valence-electron chi connectivity index (χ1n) is 6.31. The van der Waals surface area contributed by atoms with Gasteiger partial charge < -0.3 is 9.31 Å². The first kappa shape index (κ1) is 7.41. The largest absolute Gasteiger partial charge is 0.515 e. The van der Waals surface area contributed by atoms with Crippen LogP contribution in [0.3, 0.4) is 0 Å². The molecule has 2 rings (SSSR count). The van der Waals surface area contributed by atoms with Gasteiger partial charge in [0.1, 0.15) is 0 Å². The van der Waals surface area contributed by atoms with Gasteiger partial charge in [-0.25, -0.2) is 0 Å². The molecule has 15 heavy (non-hydrogen) atoms. The van der Waals surface area contributed by atoms with Gasteiger partial charge in [-0.1, -0.05) is 5.21 Å². The van der Waals surface area contributed by atoms with Crippen molar-refractivity contribution < 1.29 is 13.4 Å². The lowest BCUT2D eigenvalue weighted by Gasteiger charge is -2.32. The van der Waals surface area contributed by atoms with E-state index < -0.39 is 25.3 Å². The molecule has 1 fully saturated rings.